The summed E-state index contributed by atoms with van der Waals surface area (Å²) in [7, 11) is -3.87. The molecule has 1 heterocycles. The molecule has 6 nitrogen and oxygen atoms in total. The van der Waals surface area contributed by atoms with Crippen LogP contribution in [0.3, 0.4) is 0 Å². The van der Waals surface area contributed by atoms with Crippen LogP contribution in [0.4, 0.5) is 4.39 Å². The molecule has 0 aromatic heterocycles. The number of hydrogen-bond donors (Lipinski definition) is 2. The van der Waals surface area contributed by atoms with E-state index >= 15 is 0 Å². The van der Waals surface area contributed by atoms with Crippen molar-refractivity contribution >= 4 is 15.9 Å². The lowest BCUT2D eigenvalue weighted by atomic mass is 10.1. The van der Waals surface area contributed by atoms with Gasteiger partial charge in [0.25, 0.3) is 0 Å². The Kier molecular flexibility index (Phi) is 4.92. The molecule has 1 aliphatic rings. The predicted octanol–water partition coefficient (Wildman–Crippen LogP) is 0.0537. The second kappa shape index (κ2) is 6.50. The van der Waals surface area contributed by atoms with E-state index in [0.29, 0.717) is 25.9 Å². The van der Waals surface area contributed by atoms with Crippen molar-refractivity contribution in [1.29, 1.82) is 0 Å². The van der Waals surface area contributed by atoms with E-state index in [1.165, 1.54) is 12.1 Å². The van der Waals surface area contributed by atoms with Crippen LogP contribution in [0.1, 0.15) is 12.8 Å². The minimum Gasteiger partial charge on any atom is -0.369 e. The van der Waals surface area contributed by atoms with Crippen molar-refractivity contribution in [3.05, 3.63) is 30.1 Å². The van der Waals surface area contributed by atoms with Crippen LogP contribution in [-0.4, -0.2) is 44.3 Å². The van der Waals surface area contributed by atoms with Crippen LogP contribution in [0, 0.1) is 5.82 Å². The van der Waals surface area contributed by atoms with Crippen molar-refractivity contribution in [2.75, 3.05) is 19.6 Å². The number of sulfonamides is 1. The minimum atomic E-state index is -3.87. The highest BCUT2D eigenvalue weighted by Crippen LogP contribution is 2.22. The molecule has 1 aromatic rings. The SMILES string of the molecule is NC(=O)CN(C1CCNCC1)S(=O)(=O)c1ccc(F)cc1. The molecule has 1 saturated heterocycles. The Hall–Kier alpha value is -1.51. The lowest BCUT2D eigenvalue weighted by molar-refractivity contribution is -0.118. The third kappa shape index (κ3) is 3.78. The van der Waals surface area contributed by atoms with Crippen molar-refractivity contribution in [3.63, 3.8) is 0 Å². The second-order valence-corrected chi connectivity index (χ2v) is 6.84. The van der Waals surface area contributed by atoms with Crippen molar-refractivity contribution < 1.29 is 17.6 Å². The number of benzene rings is 1. The van der Waals surface area contributed by atoms with Gasteiger partial charge in [-0.15, -0.1) is 0 Å². The molecule has 3 N–H and O–H groups in total. The molecule has 0 unspecified atom stereocenters. The highest BCUT2D eigenvalue weighted by Gasteiger charge is 2.33. The third-order valence-electron chi connectivity index (χ3n) is 3.45. The highest BCUT2D eigenvalue weighted by atomic mass is 32.2. The second-order valence-electron chi connectivity index (χ2n) is 4.95. The van der Waals surface area contributed by atoms with Crippen molar-refractivity contribution in [3.8, 4) is 0 Å². The van der Waals surface area contributed by atoms with Crippen molar-refractivity contribution in [1.82, 2.24) is 9.62 Å². The Bertz CT molecular complexity index is 598. The van der Waals surface area contributed by atoms with Crippen LogP contribution in [0.5, 0.6) is 0 Å². The molecular weight excluding hydrogens is 297 g/mol. The first-order valence-electron chi connectivity index (χ1n) is 6.67. The molecule has 0 saturated carbocycles. The van der Waals surface area contributed by atoms with Crippen molar-refractivity contribution in [2.45, 2.75) is 23.8 Å². The van der Waals surface area contributed by atoms with Gasteiger partial charge in [0.05, 0.1) is 11.4 Å². The summed E-state index contributed by atoms with van der Waals surface area (Å²) in [4.78, 5) is 11.2. The van der Waals surface area contributed by atoms with E-state index in [1.54, 1.807) is 0 Å². The van der Waals surface area contributed by atoms with Crippen LogP contribution in [0.15, 0.2) is 29.2 Å². The van der Waals surface area contributed by atoms with Crippen LogP contribution >= 0.6 is 0 Å². The first-order chi connectivity index (χ1) is 9.91. The van der Waals surface area contributed by atoms with Gasteiger partial charge in [-0.05, 0) is 50.2 Å². The maximum atomic E-state index is 12.9. The van der Waals surface area contributed by atoms with Crippen LogP contribution in [-0.2, 0) is 14.8 Å². The zero-order chi connectivity index (χ0) is 15.5. The molecule has 1 aromatic carbocycles. The summed E-state index contributed by atoms with van der Waals surface area (Å²) in [5, 5.41) is 3.13. The lowest BCUT2D eigenvalue weighted by Gasteiger charge is -2.32. The smallest absolute Gasteiger partial charge is 0.243 e. The summed E-state index contributed by atoms with van der Waals surface area (Å²) in [5.74, 6) is -1.23. The summed E-state index contributed by atoms with van der Waals surface area (Å²) in [6, 6.07) is 4.27. The van der Waals surface area contributed by atoms with E-state index in [9.17, 15) is 17.6 Å². The molecule has 8 heteroatoms. The number of rotatable bonds is 5. The monoisotopic (exact) mass is 315 g/mol. The molecule has 116 valence electrons. The Balaban J connectivity index is 2.33. The number of carbonyl (C=O) groups excluding carboxylic acids is 1. The fourth-order valence-corrected chi connectivity index (χ4v) is 4.05. The lowest BCUT2D eigenvalue weighted by Crippen LogP contribution is -2.49. The number of amides is 1. The maximum absolute atomic E-state index is 12.9. The molecule has 1 fully saturated rings. The number of primary amides is 1. The number of nitrogens with one attached hydrogen (secondary N) is 1. The Morgan fingerprint density at radius 2 is 1.86 bits per heavy atom. The van der Waals surface area contributed by atoms with E-state index in [4.69, 9.17) is 5.73 Å². The van der Waals surface area contributed by atoms with Gasteiger partial charge in [-0.25, -0.2) is 12.8 Å². The number of carbonyl (C=O) groups is 1. The molecule has 0 atom stereocenters. The highest BCUT2D eigenvalue weighted by molar-refractivity contribution is 7.89. The summed E-state index contributed by atoms with van der Waals surface area (Å²) in [6.07, 6.45) is 1.21. The molecule has 0 radical (unpaired) electrons. The van der Waals surface area contributed by atoms with Gasteiger partial charge >= 0.3 is 0 Å². The zero-order valence-corrected chi connectivity index (χ0v) is 12.3. The number of hydrogen-bond acceptors (Lipinski definition) is 4. The van der Waals surface area contributed by atoms with Gasteiger partial charge in [-0.1, -0.05) is 0 Å². The summed E-state index contributed by atoms with van der Waals surface area (Å²) in [5.41, 5.74) is 5.18. The predicted molar refractivity (Wildman–Crippen MR) is 75.4 cm³/mol. The standard InChI is InChI=1S/C13H18FN3O3S/c14-10-1-3-12(4-2-10)21(19,20)17(9-13(15)18)11-5-7-16-8-6-11/h1-4,11,16H,5-9H2,(H2,15,18). The fraction of sp³-hybridized carbons (Fsp3) is 0.462. The zero-order valence-electron chi connectivity index (χ0n) is 11.5. The molecule has 0 aliphatic carbocycles. The van der Waals surface area contributed by atoms with E-state index in [1.807, 2.05) is 0 Å². The molecular formula is C13H18FN3O3S. The summed E-state index contributed by atoms with van der Waals surface area (Å²) >= 11 is 0. The number of piperidine rings is 1. The Labute approximate surface area is 123 Å². The number of nitrogens with zero attached hydrogens (tertiary/aromatic N) is 1. The Morgan fingerprint density at radius 1 is 1.29 bits per heavy atom. The van der Waals surface area contributed by atoms with E-state index in [-0.39, 0.29) is 17.5 Å². The van der Waals surface area contributed by atoms with Gasteiger partial charge in [0.1, 0.15) is 5.82 Å². The largest absolute Gasteiger partial charge is 0.369 e. The van der Waals surface area contributed by atoms with Gasteiger partial charge < -0.3 is 11.1 Å². The van der Waals surface area contributed by atoms with Gasteiger partial charge in [0, 0.05) is 6.04 Å². The van der Waals surface area contributed by atoms with Crippen LogP contribution in [0.2, 0.25) is 0 Å². The molecule has 1 amide bonds. The first-order valence-corrected chi connectivity index (χ1v) is 8.11. The van der Waals surface area contributed by atoms with Gasteiger partial charge in [0.2, 0.25) is 15.9 Å². The summed E-state index contributed by atoms with van der Waals surface area (Å²) < 4.78 is 39.4. The summed E-state index contributed by atoms with van der Waals surface area (Å²) in [6.45, 7) is 0.988. The number of halogens is 1. The minimum absolute atomic E-state index is 0.0383. The van der Waals surface area contributed by atoms with Gasteiger partial charge in [0.15, 0.2) is 0 Å². The van der Waals surface area contributed by atoms with Gasteiger partial charge in [-0.3, -0.25) is 4.79 Å². The first kappa shape index (κ1) is 15.9. The van der Waals surface area contributed by atoms with E-state index < -0.39 is 21.7 Å². The topological polar surface area (TPSA) is 92.5 Å². The average Bonchev–Trinajstić information content (AvgIpc) is 2.46. The average molecular weight is 315 g/mol. The van der Waals surface area contributed by atoms with Crippen LogP contribution < -0.4 is 11.1 Å². The third-order valence-corrected chi connectivity index (χ3v) is 5.36. The molecule has 0 bridgehead atoms. The fourth-order valence-electron chi connectivity index (χ4n) is 2.40. The van der Waals surface area contributed by atoms with Crippen molar-refractivity contribution in [2.24, 2.45) is 5.73 Å². The van der Waals surface area contributed by atoms with E-state index in [0.717, 1.165) is 16.4 Å². The molecule has 1 aliphatic heterocycles. The molecule has 21 heavy (non-hydrogen) atoms. The molecule has 2 rings (SSSR count). The van der Waals surface area contributed by atoms with E-state index in [2.05, 4.69) is 5.32 Å². The van der Waals surface area contributed by atoms with Crippen LogP contribution in [0.25, 0.3) is 0 Å². The maximum Gasteiger partial charge on any atom is 0.243 e. The van der Waals surface area contributed by atoms with Gasteiger partial charge in [-0.2, -0.15) is 4.31 Å². The normalized spacial score (nSPS) is 17.0. The molecule has 0 spiro atoms. The quantitative estimate of drug-likeness (QED) is 0.803. The Morgan fingerprint density at radius 3 is 2.38 bits per heavy atom. The number of nitrogens with two attached hydrogens (primary N) is 1.